The molecule has 2 fully saturated rings. The van der Waals surface area contributed by atoms with Gasteiger partial charge in [-0.1, -0.05) is 0 Å². The zero-order chi connectivity index (χ0) is 14.6. The van der Waals surface area contributed by atoms with Crippen LogP contribution in [-0.4, -0.2) is 44.5 Å². The summed E-state index contributed by atoms with van der Waals surface area (Å²) in [5.41, 5.74) is 1.20. The van der Waals surface area contributed by atoms with Crippen molar-refractivity contribution in [2.75, 3.05) is 13.1 Å². The number of hydrogen-bond acceptors (Lipinski definition) is 3. The number of nitrogens with zero attached hydrogens (tertiary/aromatic N) is 3. The first kappa shape index (κ1) is 12.9. The van der Waals surface area contributed by atoms with Gasteiger partial charge in [-0.3, -0.25) is 9.59 Å². The number of carbonyl (C=O) groups is 2. The number of piperidine rings is 1. The number of carboxylic acids is 1. The van der Waals surface area contributed by atoms with Crippen LogP contribution in [0.15, 0.2) is 12.5 Å². The highest BCUT2D eigenvalue weighted by atomic mass is 16.4. The number of hydrogen-bond donors (Lipinski definition) is 1. The lowest BCUT2D eigenvalue weighted by atomic mass is 9.96. The number of aryl methyl sites for hydroxylation is 1. The van der Waals surface area contributed by atoms with E-state index < -0.39 is 5.97 Å². The van der Waals surface area contributed by atoms with Crippen LogP contribution in [0.3, 0.4) is 0 Å². The molecule has 0 aromatic carbocycles. The number of aliphatic carboxylic acids is 1. The standard InChI is InChI=1S/C15H19N3O3/c19-14(9-1-2-10-5-16-8-18(10)6-9)17-4-3-11-12(7-17)13(11)15(20)21/h5,8-9,11-13H,1-4,6-7H2,(H,20,21)/t9?,11-,12+,13-/m1/s1. The molecule has 3 aliphatic rings. The summed E-state index contributed by atoms with van der Waals surface area (Å²) >= 11 is 0. The fourth-order valence-electron chi connectivity index (χ4n) is 4.14. The zero-order valence-electron chi connectivity index (χ0n) is 11.8. The van der Waals surface area contributed by atoms with E-state index in [1.807, 2.05) is 11.1 Å². The highest BCUT2D eigenvalue weighted by molar-refractivity contribution is 5.80. The summed E-state index contributed by atoms with van der Waals surface area (Å²) in [5, 5.41) is 9.13. The number of aromatic nitrogens is 2. The van der Waals surface area contributed by atoms with Gasteiger partial charge < -0.3 is 14.6 Å². The average molecular weight is 289 g/mol. The van der Waals surface area contributed by atoms with E-state index in [1.54, 1.807) is 6.33 Å². The van der Waals surface area contributed by atoms with Gasteiger partial charge in [0.1, 0.15) is 0 Å². The molecule has 21 heavy (non-hydrogen) atoms. The lowest BCUT2D eigenvalue weighted by Crippen LogP contribution is -2.43. The van der Waals surface area contributed by atoms with Gasteiger partial charge in [-0.2, -0.15) is 0 Å². The first-order chi connectivity index (χ1) is 10.1. The molecule has 1 unspecified atom stereocenters. The Labute approximate surface area is 122 Å². The van der Waals surface area contributed by atoms with Gasteiger partial charge in [0.15, 0.2) is 0 Å². The van der Waals surface area contributed by atoms with Crippen molar-refractivity contribution in [3.63, 3.8) is 0 Å². The topological polar surface area (TPSA) is 75.4 Å². The number of carbonyl (C=O) groups excluding carboxylic acids is 1. The molecule has 0 radical (unpaired) electrons. The number of likely N-dealkylation sites (tertiary alicyclic amines) is 1. The second-order valence-electron chi connectivity index (χ2n) is 6.54. The molecule has 4 rings (SSSR count). The molecule has 1 amide bonds. The third-order valence-corrected chi connectivity index (χ3v) is 5.41. The van der Waals surface area contributed by atoms with E-state index >= 15 is 0 Å². The first-order valence-corrected chi connectivity index (χ1v) is 7.65. The summed E-state index contributed by atoms with van der Waals surface area (Å²) < 4.78 is 2.07. The molecule has 112 valence electrons. The molecule has 1 saturated heterocycles. The largest absolute Gasteiger partial charge is 0.481 e. The number of fused-ring (bicyclic) bond motifs is 2. The zero-order valence-corrected chi connectivity index (χ0v) is 11.8. The fraction of sp³-hybridized carbons (Fsp3) is 0.667. The summed E-state index contributed by atoms with van der Waals surface area (Å²) in [7, 11) is 0. The maximum absolute atomic E-state index is 12.7. The number of rotatable bonds is 2. The summed E-state index contributed by atoms with van der Waals surface area (Å²) in [6, 6.07) is 0. The summed E-state index contributed by atoms with van der Waals surface area (Å²) in [5.74, 6) is -0.200. The Hall–Kier alpha value is -1.85. The van der Waals surface area contributed by atoms with Crippen molar-refractivity contribution in [3.8, 4) is 0 Å². The van der Waals surface area contributed by atoms with E-state index in [1.165, 1.54) is 5.69 Å². The van der Waals surface area contributed by atoms with E-state index in [4.69, 9.17) is 5.11 Å². The molecule has 1 N–H and O–H groups in total. The van der Waals surface area contributed by atoms with Crippen molar-refractivity contribution < 1.29 is 14.7 Å². The van der Waals surface area contributed by atoms with Crippen LogP contribution in [0.1, 0.15) is 18.5 Å². The Bertz CT molecular complexity index is 597. The van der Waals surface area contributed by atoms with Crippen molar-refractivity contribution in [2.24, 2.45) is 23.7 Å². The molecule has 6 heteroatoms. The van der Waals surface area contributed by atoms with Gasteiger partial charge in [0.25, 0.3) is 0 Å². The number of imidazole rings is 1. The molecule has 1 aromatic heterocycles. The van der Waals surface area contributed by atoms with Crippen LogP contribution in [0.5, 0.6) is 0 Å². The minimum atomic E-state index is -0.694. The van der Waals surface area contributed by atoms with Crippen LogP contribution >= 0.6 is 0 Å². The van der Waals surface area contributed by atoms with Gasteiger partial charge in [-0.25, -0.2) is 4.98 Å². The molecule has 0 bridgehead atoms. The number of amides is 1. The lowest BCUT2D eigenvalue weighted by molar-refractivity contribution is -0.140. The van der Waals surface area contributed by atoms with Gasteiger partial charge >= 0.3 is 5.97 Å². The fourth-order valence-corrected chi connectivity index (χ4v) is 4.14. The van der Waals surface area contributed by atoms with Gasteiger partial charge in [0, 0.05) is 31.5 Å². The predicted octanol–water partition coefficient (Wildman–Crippen LogP) is 0.625. The Morgan fingerprint density at radius 1 is 1.24 bits per heavy atom. The van der Waals surface area contributed by atoms with Crippen LogP contribution in [0.2, 0.25) is 0 Å². The lowest BCUT2D eigenvalue weighted by Gasteiger charge is -2.32. The van der Waals surface area contributed by atoms with Crippen LogP contribution in [0.4, 0.5) is 0 Å². The Morgan fingerprint density at radius 3 is 2.90 bits per heavy atom. The van der Waals surface area contributed by atoms with Crippen molar-refractivity contribution >= 4 is 11.9 Å². The predicted molar refractivity (Wildman–Crippen MR) is 73.3 cm³/mol. The monoisotopic (exact) mass is 289 g/mol. The molecule has 2 aliphatic heterocycles. The minimum Gasteiger partial charge on any atom is -0.481 e. The van der Waals surface area contributed by atoms with Crippen LogP contribution < -0.4 is 0 Å². The normalized spacial score (nSPS) is 34.0. The third-order valence-electron chi connectivity index (χ3n) is 5.41. The van der Waals surface area contributed by atoms with E-state index in [0.717, 1.165) is 25.8 Å². The Morgan fingerprint density at radius 2 is 2.10 bits per heavy atom. The molecule has 4 atom stereocenters. The molecule has 3 heterocycles. The van der Waals surface area contributed by atoms with Crippen molar-refractivity contribution in [1.29, 1.82) is 0 Å². The second-order valence-corrected chi connectivity index (χ2v) is 6.54. The van der Waals surface area contributed by atoms with Crippen LogP contribution in [0.25, 0.3) is 0 Å². The van der Waals surface area contributed by atoms with Crippen molar-refractivity contribution in [1.82, 2.24) is 14.5 Å². The summed E-state index contributed by atoms with van der Waals surface area (Å²) in [6.45, 7) is 2.06. The highest BCUT2D eigenvalue weighted by Gasteiger charge is 2.57. The van der Waals surface area contributed by atoms with E-state index in [-0.39, 0.29) is 23.7 Å². The van der Waals surface area contributed by atoms with Gasteiger partial charge in [-0.05, 0) is 31.1 Å². The molecule has 1 aliphatic carbocycles. The Balaban J connectivity index is 1.41. The van der Waals surface area contributed by atoms with Gasteiger partial charge in [0.05, 0.1) is 18.2 Å². The molecule has 1 saturated carbocycles. The maximum Gasteiger partial charge on any atom is 0.307 e. The molecule has 0 spiro atoms. The molecular weight excluding hydrogens is 270 g/mol. The van der Waals surface area contributed by atoms with Crippen LogP contribution in [-0.2, 0) is 22.6 Å². The molecular formula is C15H19N3O3. The molecule has 6 nitrogen and oxygen atoms in total. The quantitative estimate of drug-likeness (QED) is 0.866. The first-order valence-electron chi connectivity index (χ1n) is 7.65. The van der Waals surface area contributed by atoms with E-state index in [0.29, 0.717) is 19.0 Å². The van der Waals surface area contributed by atoms with Gasteiger partial charge in [-0.15, -0.1) is 0 Å². The van der Waals surface area contributed by atoms with E-state index in [9.17, 15) is 9.59 Å². The second kappa shape index (κ2) is 4.58. The van der Waals surface area contributed by atoms with Crippen LogP contribution in [0, 0.1) is 23.7 Å². The van der Waals surface area contributed by atoms with Gasteiger partial charge in [0.2, 0.25) is 5.91 Å². The summed E-state index contributed by atoms with van der Waals surface area (Å²) in [6.07, 6.45) is 6.28. The highest BCUT2D eigenvalue weighted by Crippen LogP contribution is 2.51. The Kier molecular flexibility index (Phi) is 2.80. The smallest absolute Gasteiger partial charge is 0.307 e. The van der Waals surface area contributed by atoms with E-state index in [2.05, 4.69) is 9.55 Å². The SMILES string of the molecule is O=C(O)[C@@H]1[C@@H]2CCN(C(=O)C3CCc4cncn4C3)C[C@@H]21. The summed E-state index contributed by atoms with van der Waals surface area (Å²) in [4.78, 5) is 29.8. The maximum atomic E-state index is 12.7. The van der Waals surface area contributed by atoms with Crippen molar-refractivity contribution in [2.45, 2.75) is 25.8 Å². The van der Waals surface area contributed by atoms with Crippen molar-refractivity contribution in [3.05, 3.63) is 18.2 Å². The third kappa shape index (κ3) is 2.04. The average Bonchev–Trinajstić information content (AvgIpc) is 3.02. The number of carboxylic acid groups (broad SMARTS) is 1. The minimum absolute atomic E-state index is 0.0188. The molecule has 1 aromatic rings.